The molecule has 2 amide bonds. The summed E-state index contributed by atoms with van der Waals surface area (Å²) in [5.74, 6) is -0.749. The number of sulfone groups is 1. The Bertz CT molecular complexity index is 1330. The SMILES string of the molecule is CCC(C)(CO)S(=O)(=O)C1(CN2CCc3c(C(=O)NCc4ccc(C#N)cc4)nn(C)c3C2=O)CC1. The molecule has 1 aromatic carbocycles. The van der Waals surface area contributed by atoms with Crippen LogP contribution in [0.1, 0.15) is 70.8 Å². The van der Waals surface area contributed by atoms with E-state index in [1.165, 1.54) is 4.68 Å². The lowest BCUT2D eigenvalue weighted by molar-refractivity contribution is 0.0724. The maximum Gasteiger partial charge on any atom is 0.272 e. The number of rotatable bonds is 9. The fourth-order valence-corrected chi connectivity index (χ4v) is 7.34. The van der Waals surface area contributed by atoms with Crippen molar-refractivity contribution >= 4 is 21.7 Å². The Morgan fingerprint density at radius 2 is 1.97 bits per heavy atom. The van der Waals surface area contributed by atoms with Crippen LogP contribution < -0.4 is 5.32 Å². The maximum atomic E-state index is 13.4. The third-order valence-electron chi connectivity index (χ3n) is 7.61. The molecule has 1 unspecified atom stereocenters. The lowest BCUT2D eigenvalue weighted by Gasteiger charge is -2.35. The number of nitrogens with one attached hydrogen (secondary N) is 1. The zero-order chi connectivity index (χ0) is 26.3. The van der Waals surface area contributed by atoms with Gasteiger partial charge in [-0.05, 0) is 50.3 Å². The van der Waals surface area contributed by atoms with Crippen LogP contribution in [-0.4, -0.2) is 69.2 Å². The van der Waals surface area contributed by atoms with Crippen LogP contribution in [0.25, 0.3) is 0 Å². The van der Waals surface area contributed by atoms with E-state index in [2.05, 4.69) is 10.4 Å². The molecule has 36 heavy (non-hydrogen) atoms. The largest absolute Gasteiger partial charge is 0.395 e. The van der Waals surface area contributed by atoms with Crippen molar-refractivity contribution in [3.05, 3.63) is 52.3 Å². The Kier molecular flexibility index (Phi) is 6.70. The first-order chi connectivity index (χ1) is 17.0. The van der Waals surface area contributed by atoms with Crippen LogP contribution in [-0.2, 0) is 29.9 Å². The summed E-state index contributed by atoms with van der Waals surface area (Å²) >= 11 is 0. The maximum absolute atomic E-state index is 13.4. The number of fused-ring (bicyclic) bond motifs is 1. The zero-order valence-electron chi connectivity index (χ0n) is 20.7. The molecule has 11 heteroatoms. The molecule has 0 spiro atoms. The van der Waals surface area contributed by atoms with Crippen LogP contribution in [0.2, 0.25) is 0 Å². The van der Waals surface area contributed by atoms with Gasteiger partial charge in [-0.1, -0.05) is 19.1 Å². The summed E-state index contributed by atoms with van der Waals surface area (Å²) in [5.41, 5.74) is 2.38. The number of benzene rings is 1. The van der Waals surface area contributed by atoms with Crippen LogP contribution in [0.3, 0.4) is 0 Å². The van der Waals surface area contributed by atoms with Crippen LogP contribution >= 0.6 is 0 Å². The number of amides is 2. The second-order valence-corrected chi connectivity index (χ2v) is 12.8. The average molecular weight is 514 g/mol. The molecule has 4 rings (SSSR count). The van der Waals surface area contributed by atoms with Crippen LogP contribution in [0.4, 0.5) is 0 Å². The number of carbonyl (C=O) groups is 2. The van der Waals surface area contributed by atoms with Gasteiger partial charge < -0.3 is 15.3 Å². The van der Waals surface area contributed by atoms with Gasteiger partial charge in [0.15, 0.2) is 15.5 Å². The Morgan fingerprint density at radius 3 is 2.53 bits per heavy atom. The highest BCUT2D eigenvalue weighted by molar-refractivity contribution is 7.94. The molecule has 192 valence electrons. The molecule has 10 nitrogen and oxygen atoms in total. The predicted octanol–water partition coefficient (Wildman–Crippen LogP) is 1.33. The minimum atomic E-state index is -3.69. The van der Waals surface area contributed by atoms with Gasteiger partial charge in [-0.15, -0.1) is 0 Å². The van der Waals surface area contributed by atoms with Gasteiger partial charge in [0.1, 0.15) is 5.69 Å². The highest BCUT2D eigenvalue weighted by atomic mass is 32.2. The molecule has 1 saturated carbocycles. The normalized spacial score (nSPS) is 18.2. The first kappa shape index (κ1) is 25.9. The van der Waals surface area contributed by atoms with Crippen molar-refractivity contribution in [1.29, 1.82) is 5.26 Å². The third kappa shape index (κ3) is 4.18. The molecule has 2 N–H and O–H groups in total. The topological polar surface area (TPSA) is 145 Å². The van der Waals surface area contributed by atoms with E-state index >= 15 is 0 Å². The highest BCUT2D eigenvalue weighted by Crippen LogP contribution is 2.50. The van der Waals surface area contributed by atoms with Crippen molar-refractivity contribution in [3.8, 4) is 6.07 Å². The summed E-state index contributed by atoms with van der Waals surface area (Å²) in [6.07, 6.45) is 1.58. The number of nitriles is 1. The van der Waals surface area contributed by atoms with E-state index in [9.17, 15) is 23.1 Å². The number of aliphatic hydroxyl groups excluding tert-OH is 1. The minimum Gasteiger partial charge on any atom is -0.395 e. The molecule has 1 fully saturated rings. The van der Waals surface area contributed by atoms with Gasteiger partial charge in [0, 0.05) is 32.2 Å². The quantitative estimate of drug-likeness (QED) is 0.514. The lowest BCUT2D eigenvalue weighted by atomic mass is 10.0. The Balaban J connectivity index is 1.50. The van der Waals surface area contributed by atoms with Crippen LogP contribution in [0, 0.1) is 11.3 Å². The Morgan fingerprint density at radius 1 is 1.31 bits per heavy atom. The number of aliphatic hydroxyl groups is 1. The van der Waals surface area contributed by atoms with Gasteiger partial charge in [-0.2, -0.15) is 10.4 Å². The van der Waals surface area contributed by atoms with Crippen molar-refractivity contribution in [3.63, 3.8) is 0 Å². The fourth-order valence-electron chi connectivity index (χ4n) is 4.78. The summed E-state index contributed by atoms with van der Waals surface area (Å²) in [7, 11) is -2.10. The van der Waals surface area contributed by atoms with Gasteiger partial charge in [-0.25, -0.2) is 8.42 Å². The molecule has 0 bridgehead atoms. The number of aromatic nitrogens is 2. The monoisotopic (exact) mass is 513 g/mol. The van der Waals surface area contributed by atoms with Crippen LogP contribution in [0.5, 0.6) is 0 Å². The molecule has 0 saturated heterocycles. The van der Waals surface area contributed by atoms with Crippen LogP contribution in [0.15, 0.2) is 24.3 Å². The summed E-state index contributed by atoms with van der Waals surface area (Å²) in [6.45, 7) is 3.43. The summed E-state index contributed by atoms with van der Waals surface area (Å²) in [5, 5.41) is 25.8. The molecular formula is C25H31N5O5S. The Labute approximate surface area is 210 Å². The fraction of sp³-hybridized carbons (Fsp3) is 0.520. The number of hydrogen-bond acceptors (Lipinski definition) is 7. The number of carbonyl (C=O) groups excluding carboxylic acids is 2. The highest BCUT2D eigenvalue weighted by Gasteiger charge is 2.61. The van der Waals surface area contributed by atoms with E-state index in [0.717, 1.165) is 5.56 Å². The smallest absolute Gasteiger partial charge is 0.272 e. The van der Waals surface area contributed by atoms with E-state index in [0.29, 0.717) is 36.1 Å². The van der Waals surface area contributed by atoms with Crippen molar-refractivity contribution in [1.82, 2.24) is 20.0 Å². The van der Waals surface area contributed by atoms with Gasteiger partial charge >= 0.3 is 0 Å². The number of nitrogens with zero attached hydrogens (tertiary/aromatic N) is 4. The molecule has 0 radical (unpaired) electrons. The van der Waals surface area contributed by atoms with E-state index in [1.54, 1.807) is 50.1 Å². The van der Waals surface area contributed by atoms with Gasteiger partial charge in [0.05, 0.1) is 27.7 Å². The summed E-state index contributed by atoms with van der Waals surface area (Å²) in [4.78, 5) is 27.8. The van der Waals surface area contributed by atoms with Gasteiger partial charge in [-0.3, -0.25) is 14.3 Å². The predicted molar refractivity (Wildman–Crippen MR) is 132 cm³/mol. The molecule has 1 aliphatic carbocycles. The third-order valence-corrected chi connectivity index (χ3v) is 11.0. The van der Waals surface area contributed by atoms with Crippen molar-refractivity contribution in [2.75, 3.05) is 19.7 Å². The van der Waals surface area contributed by atoms with E-state index in [4.69, 9.17) is 5.26 Å². The summed E-state index contributed by atoms with van der Waals surface area (Å²) in [6, 6.07) is 8.92. The average Bonchev–Trinajstić information content (AvgIpc) is 3.60. The molecule has 2 aromatic rings. The second kappa shape index (κ2) is 9.33. The standard InChI is InChI=1S/C25H31N5O5S/c1-4-24(2,16-31)36(34,35)25(10-11-25)15-30-12-9-19-20(28-29(3)21(19)23(30)33)22(32)27-14-18-7-5-17(13-26)6-8-18/h5-8,31H,4,9-12,14-16H2,1-3H3,(H,27,32). The molecule has 2 heterocycles. The van der Waals surface area contributed by atoms with E-state index in [1.807, 2.05) is 6.07 Å². The molecule has 1 aromatic heterocycles. The van der Waals surface area contributed by atoms with Gasteiger partial charge in [0.2, 0.25) is 0 Å². The van der Waals surface area contributed by atoms with Gasteiger partial charge in [0.25, 0.3) is 11.8 Å². The molecule has 2 aliphatic rings. The van der Waals surface area contributed by atoms with Crippen molar-refractivity contribution in [2.24, 2.45) is 7.05 Å². The first-order valence-electron chi connectivity index (χ1n) is 12.0. The number of hydrogen-bond donors (Lipinski definition) is 2. The zero-order valence-corrected chi connectivity index (χ0v) is 21.6. The van der Waals surface area contributed by atoms with Crippen molar-refractivity contribution in [2.45, 2.75) is 55.6 Å². The van der Waals surface area contributed by atoms with E-state index < -0.39 is 31.8 Å². The van der Waals surface area contributed by atoms with E-state index in [-0.39, 0.29) is 37.7 Å². The molecule has 1 aliphatic heterocycles. The van der Waals surface area contributed by atoms with Crippen molar-refractivity contribution < 1.29 is 23.1 Å². The molecule has 1 atom stereocenters. The second-order valence-electron chi connectivity index (χ2n) is 9.92. The number of aryl methyl sites for hydroxylation is 1. The summed E-state index contributed by atoms with van der Waals surface area (Å²) < 4.78 is 25.9. The lowest BCUT2D eigenvalue weighted by Crippen LogP contribution is -2.52. The first-order valence-corrected chi connectivity index (χ1v) is 13.5. The Hall–Kier alpha value is -3.23. The minimum absolute atomic E-state index is 0.0641. The molecular weight excluding hydrogens is 482 g/mol.